The summed E-state index contributed by atoms with van der Waals surface area (Å²) in [7, 11) is 0. The molecule has 2 saturated carbocycles. The van der Waals surface area contributed by atoms with Gasteiger partial charge in [-0.3, -0.25) is 4.79 Å². The van der Waals surface area contributed by atoms with E-state index in [1.807, 2.05) is 6.07 Å². The van der Waals surface area contributed by atoms with Gasteiger partial charge < -0.3 is 32.8 Å². The van der Waals surface area contributed by atoms with Crippen molar-refractivity contribution in [1.29, 1.82) is 10.5 Å². The second-order valence-electron chi connectivity index (χ2n) is 14.2. The molecule has 304 valence electrons. The van der Waals surface area contributed by atoms with Crippen LogP contribution in [0.25, 0.3) is 11.0 Å². The standard InChI is InChI=1S/C44H36N4O12/c1-2-39(49)55-30-13-11-28(12-14-30)54-27-7-3-25(4-8-27)47-48-26-5-9-29(10-6-26)56-40(50)19-20-41(51)57-31-15-16-33-37(21-31)58-42(52)22-38(33)60-44(53)35(24-46)34(23-45)32-17-18-36-43(32)59-36/h2-10,15-16,19-22,28,30,32,34-36,43H,1,11-14,17-18H2/b20-19+,48-47?. The molecule has 5 atom stereocenters. The minimum Gasteiger partial charge on any atom is -0.490 e. The molecule has 3 fully saturated rings. The lowest BCUT2D eigenvalue weighted by Gasteiger charge is -2.28. The highest BCUT2D eigenvalue weighted by Gasteiger charge is 2.55. The molecule has 3 aromatic carbocycles. The smallest absolute Gasteiger partial charge is 0.339 e. The first-order chi connectivity index (χ1) is 29.1. The monoisotopic (exact) mass is 812 g/mol. The van der Waals surface area contributed by atoms with E-state index >= 15 is 0 Å². The Balaban J connectivity index is 0.875. The Morgan fingerprint density at radius 1 is 0.733 bits per heavy atom. The summed E-state index contributed by atoms with van der Waals surface area (Å²) in [6.45, 7) is 3.42. The van der Waals surface area contributed by atoms with Crippen LogP contribution in [0.15, 0.2) is 117 Å². The summed E-state index contributed by atoms with van der Waals surface area (Å²) in [6.07, 6.45) is 7.06. The number of carbonyl (C=O) groups is 4. The molecule has 16 heteroatoms. The van der Waals surface area contributed by atoms with E-state index in [1.165, 1.54) is 36.4 Å². The fourth-order valence-corrected chi connectivity index (χ4v) is 7.20. The average Bonchev–Trinajstić information content (AvgIpc) is 3.91. The van der Waals surface area contributed by atoms with E-state index in [0.29, 0.717) is 23.5 Å². The van der Waals surface area contributed by atoms with Crippen molar-refractivity contribution in [3.8, 4) is 35.1 Å². The van der Waals surface area contributed by atoms with Crippen molar-refractivity contribution in [2.45, 2.75) is 62.9 Å². The minimum absolute atomic E-state index is 0.0217. The zero-order chi connectivity index (χ0) is 42.2. The summed E-state index contributed by atoms with van der Waals surface area (Å²) < 4.78 is 38.1. The molecule has 60 heavy (non-hydrogen) atoms. The summed E-state index contributed by atoms with van der Waals surface area (Å²) in [6, 6.07) is 22.1. The summed E-state index contributed by atoms with van der Waals surface area (Å²) in [5, 5.41) is 28.2. The zero-order valence-corrected chi connectivity index (χ0v) is 31.8. The Morgan fingerprint density at radius 2 is 1.35 bits per heavy atom. The first-order valence-corrected chi connectivity index (χ1v) is 19.1. The number of azo groups is 1. The van der Waals surface area contributed by atoms with Gasteiger partial charge in [0.1, 0.15) is 34.7 Å². The summed E-state index contributed by atoms with van der Waals surface area (Å²) in [5.41, 5.74) is 0.101. The highest BCUT2D eigenvalue weighted by Crippen LogP contribution is 2.48. The molecule has 0 N–H and O–H groups in total. The number of hydrogen-bond acceptors (Lipinski definition) is 16. The molecule has 1 saturated heterocycles. The molecule has 7 rings (SSSR count). The third kappa shape index (κ3) is 10.2. The van der Waals surface area contributed by atoms with Crippen LogP contribution in [0.1, 0.15) is 38.5 Å². The van der Waals surface area contributed by atoms with Gasteiger partial charge >= 0.3 is 29.5 Å². The molecule has 1 aliphatic heterocycles. The van der Waals surface area contributed by atoms with E-state index in [9.17, 15) is 34.5 Å². The van der Waals surface area contributed by atoms with Crippen LogP contribution in [0.3, 0.4) is 0 Å². The normalized spacial score (nSPS) is 21.5. The first-order valence-electron chi connectivity index (χ1n) is 19.1. The van der Waals surface area contributed by atoms with Gasteiger partial charge in [0.25, 0.3) is 0 Å². The number of benzene rings is 3. The van der Waals surface area contributed by atoms with E-state index in [4.69, 9.17) is 32.8 Å². The molecule has 16 nitrogen and oxygen atoms in total. The van der Waals surface area contributed by atoms with Gasteiger partial charge in [-0.25, -0.2) is 19.2 Å². The second kappa shape index (κ2) is 18.4. The van der Waals surface area contributed by atoms with Crippen LogP contribution < -0.4 is 24.6 Å². The maximum absolute atomic E-state index is 13.1. The van der Waals surface area contributed by atoms with E-state index in [-0.39, 0.29) is 58.6 Å². The second-order valence-corrected chi connectivity index (χ2v) is 14.2. The first kappa shape index (κ1) is 40.8. The van der Waals surface area contributed by atoms with Gasteiger partial charge in [0, 0.05) is 30.2 Å². The van der Waals surface area contributed by atoms with Crippen molar-refractivity contribution in [1.82, 2.24) is 0 Å². The van der Waals surface area contributed by atoms with Crippen LogP contribution >= 0.6 is 0 Å². The average molecular weight is 813 g/mol. The van der Waals surface area contributed by atoms with Crippen molar-refractivity contribution < 1.29 is 52.0 Å². The number of ether oxygens (including phenoxy) is 6. The van der Waals surface area contributed by atoms with Crippen LogP contribution in [-0.4, -0.2) is 48.3 Å². The molecule has 0 radical (unpaired) electrons. The van der Waals surface area contributed by atoms with Crippen molar-refractivity contribution in [2.24, 2.45) is 28.0 Å². The molecule has 2 aliphatic carbocycles. The molecule has 0 bridgehead atoms. The third-order valence-electron chi connectivity index (χ3n) is 10.2. The van der Waals surface area contributed by atoms with Crippen LogP contribution in [0.4, 0.5) is 11.4 Å². The highest BCUT2D eigenvalue weighted by molar-refractivity contribution is 5.94. The lowest BCUT2D eigenvalue weighted by atomic mass is 9.81. The number of hydrogen-bond donors (Lipinski definition) is 0. The number of esters is 4. The molecule has 3 aliphatic rings. The lowest BCUT2D eigenvalue weighted by Crippen LogP contribution is -2.32. The zero-order valence-electron chi connectivity index (χ0n) is 31.8. The maximum atomic E-state index is 13.1. The van der Waals surface area contributed by atoms with Crippen molar-refractivity contribution in [2.75, 3.05) is 0 Å². The van der Waals surface area contributed by atoms with E-state index in [0.717, 1.165) is 50.3 Å². The molecule has 1 aromatic heterocycles. The number of nitrogens with zero attached hydrogens (tertiary/aromatic N) is 4. The third-order valence-corrected chi connectivity index (χ3v) is 10.2. The molecule has 0 amide bonds. The fourth-order valence-electron chi connectivity index (χ4n) is 7.20. The van der Waals surface area contributed by atoms with E-state index in [2.05, 4.69) is 22.9 Å². The molecular weight excluding hydrogens is 776 g/mol. The van der Waals surface area contributed by atoms with E-state index in [1.54, 1.807) is 36.4 Å². The van der Waals surface area contributed by atoms with Gasteiger partial charge in [-0.15, -0.1) is 0 Å². The van der Waals surface area contributed by atoms with Gasteiger partial charge in [-0.05, 0) is 99.2 Å². The number of rotatable bonds is 14. The van der Waals surface area contributed by atoms with Gasteiger partial charge in [-0.2, -0.15) is 20.8 Å². The van der Waals surface area contributed by atoms with Gasteiger partial charge in [0.15, 0.2) is 5.92 Å². The summed E-state index contributed by atoms with van der Waals surface area (Å²) in [4.78, 5) is 61.8. The molecule has 2 heterocycles. The Labute approximate surface area is 342 Å². The minimum atomic E-state index is -1.42. The summed E-state index contributed by atoms with van der Waals surface area (Å²) >= 11 is 0. The van der Waals surface area contributed by atoms with E-state index < -0.39 is 41.3 Å². The number of nitriles is 2. The number of epoxide rings is 1. The Bertz CT molecular complexity index is 2490. The largest absolute Gasteiger partial charge is 0.490 e. The van der Waals surface area contributed by atoms with Crippen LogP contribution in [0, 0.1) is 40.4 Å². The molecular formula is C44H36N4O12. The Hall–Kier alpha value is -7.43. The number of carbonyl (C=O) groups excluding carboxylic acids is 4. The van der Waals surface area contributed by atoms with Crippen LogP contribution in [0.2, 0.25) is 0 Å². The lowest BCUT2D eigenvalue weighted by molar-refractivity contribution is -0.145. The van der Waals surface area contributed by atoms with Gasteiger partial charge in [0.2, 0.25) is 0 Å². The highest BCUT2D eigenvalue weighted by atomic mass is 16.6. The number of fused-ring (bicyclic) bond motifs is 2. The predicted octanol–water partition coefficient (Wildman–Crippen LogP) is 7.06. The van der Waals surface area contributed by atoms with Crippen molar-refractivity contribution in [3.63, 3.8) is 0 Å². The van der Waals surface area contributed by atoms with Crippen molar-refractivity contribution >= 4 is 46.2 Å². The Morgan fingerprint density at radius 3 is 1.93 bits per heavy atom. The SMILES string of the molecule is C=CC(=O)OC1CCC(Oc2ccc(N=Nc3ccc(OC(=O)/C=C/C(=O)Oc4ccc5c(OC(=O)C(C#N)C(C#N)C6CCC7OC76)cc(=O)oc5c4)cc3)cc2)CC1. The van der Waals surface area contributed by atoms with Crippen molar-refractivity contribution in [3.05, 3.63) is 108 Å². The maximum Gasteiger partial charge on any atom is 0.339 e. The van der Waals surface area contributed by atoms with Gasteiger partial charge in [0.05, 0.1) is 59.2 Å². The van der Waals surface area contributed by atoms with Crippen LogP contribution in [0.5, 0.6) is 23.0 Å². The molecule has 4 aromatic rings. The van der Waals surface area contributed by atoms with Crippen LogP contribution in [-0.2, 0) is 28.7 Å². The molecule has 5 unspecified atom stereocenters. The summed E-state index contributed by atoms with van der Waals surface area (Å²) in [5.74, 6) is -5.26. The quantitative estimate of drug-likeness (QED) is 0.0310. The Kier molecular flexibility index (Phi) is 12.5. The molecule has 0 spiro atoms. The predicted molar refractivity (Wildman–Crippen MR) is 208 cm³/mol. The van der Waals surface area contributed by atoms with Gasteiger partial charge in [-0.1, -0.05) is 6.58 Å². The fraction of sp³-hybridized carbons (Fsp3) is 0.295. The topological polar surface area (TPSA) is 229 Å².